The highest BCUT2D eigenvalue weighted by atomic mass is 16.5. The maximum atomic E-state index is 13.7. The van der Waals surface area contributed by atoms with Crippen LogP contribution in [-0.2, 0) is 16.6 Å². The first kappa shape index (κ1) is 17.5. The molecule has 0 saturated carbocycles. The number of rotatable bonds is 2. The molecule has 0 aliphatic carbocycles. The molecule has 0 radical (unpaired) electrons. The summed E-state index contributed by atoms with van der Waals surface area (Å²) in [6, 6.07) is 5.70. The highest BCUT2D eigenvalue weighted by Gasteiger charge is 2.53. The van der Waals surface area contributed by atoms with Gasteiger partial charge in [0.2, 0.25) is 0 Å². The van der Waals surface area contributed by atoms with Gasteiger partial charge in [-0.15, -0.1) is 0 Å². The van der Waals surface area contributed by atoms with Gasteiger partial charge >= 0.3 is 0 Å². The summed E-state index contributed by atoms with van der Waals surface area (Å²) < 4.78 is 13.3. The molecule has 2 aromatic rings. The number of hydrogen-bond acceptors (Lipinski definition) is 5. The highest BCUT2D eigenvalue weighted by Crippen LogP contribution is 2.51. The van der Waals surface area contributed by atoms with Crippen LogP contribution in [0.4, 0.5) is 0 Å². The third-order valence-corrected chi connectivity index (χ3v) is 7.04. The third-order valence-electron chi connectivity index (χ3n) is 7.04. The number of methoxy groups -OCH3 is 1. The summed E-state index contributed by atoms with van der Waals surface area (Å²) in [4.78, 5) is 27.7. The van der Waals surface area contributed by atoms with Crippen LogP contribution in [0.25, 0.3) is 10.9 Å². The molecule has 4 atom stereocenters. The molecule has 3 aliphatic rings. The quantitative estimate of drug-likeness (QED) is 0.750. The van der Waals surface area contributed by atoms with Crippen molar-refractivity contribution in [2.24, 2.45) is 18.9 Å². The number of fused-ring (bicyclic) bond motifs is 8. The average Bonchev–Trinajstić information content (AvgIpc) is 2.98. The van der Waals surface area contributed by atoms with Gasteiger partial charge in [-0.2, -0.15) is 0 Å². The number of hydrogen-bond donors (Lipinski definition) is 0. The molecular formula is C22H24N2O4. The number of ether oxygens (including phenoxy) is 2. The summed E-state index contributed by atoms with van der Waals surface area (Å²) in [5, 5.41) is 0.976. The first-order chi connectivity index (χ1) is 13.5. The zero-order valence-electron chi connectivity index (χ0n) is 16.6. The maximum absolute atomic E-state index is 13.7. The topological polar surface area (TPSA) is 60.8 Å². The van der Waals surface area contributed by atoms with E-state index in [1.807, 2.05) is 39.2 Å². The summed E-state index contributed by atoms with van der Waals surface area (Å²) in [5.74, 6) is 1.67. The van der Waals surface area contributed by atoms with E-state index in [9.17, 15) is 9.59 Å². The molecule has 146 valence electrons. The van der Waals surface area contributed by atoms with Gasteiger partial charge in [0, 0.05) is 47.2 Å². The van der Waals surface area contributed by atoms with Gasteiger partial charge in [-0.05, 0) is 32.5 Å². The molecule has 3 aliphatic heterocycles. The standard InChI is InChI=1S/C22H24N2O4/c1-11-15(9-25)14-8-18-21-19(22(26)20(24(18)3)16(14)10-28-11)13-6-5-12(27-4)7-17(13)23(21)2/h5-7,9,14,16,18,20H,8,10H2,1-4H3. The predicted octanol–water partition coefficient (Wildman–Crippen LogP) is 2.86. The highest BCUT2D eigenvalue weighted by molar-refractivity contribution is 6.13. The summed E-state index contributed by atoms with van der Waals surface area (Å²) in [6.07, 6.45) is 1.74. The second kappa shape index (κ2) is 5.95. The Kier molecular flexibility index (Phi) is 3.72. The van der Waals surface area contributed by atoms with Gasteiger partial charge in [-0.1, -0.05) is 0 Å². The van der Waals surface area contributed by atoms with E-state index >= 15 is 0 Å². The van der Waals surface area contributed by atoms with E-state index in [-0.39, 0.29) is 29.7 Å². The number of carbonyl (C=O) groups is 2. The lowest BCUT2D eigenvalue weighted by Crippen LogP contribution is -2.58. The molecule has 28 heavy (non-hydrogen) atoms. The zero-order valence-corrected chi connectivity index (χ0v) is 16.6. The van der Waals surface area contributed by atoms with Gasteiger partial charge in [0.05, 0.1) is 37.1 Å². The Labute approximate surface area is 163 Å². The van der Waals surface area contributed by atoms with E-state index in [1.54, 1.807) is 7.11 Å². The van der Waals surface area contributed by atoms with E-state index in [0.717, 1.165) is 46.2 Å². The summed E-state index contributed by atoms with van der Waals surface area (Å²) in [7, 11) is 5.69. The maximum Gasteiger partial charge on any atom is 0.182 e. The van der Waals surface area contributed by atoms with Crippen molar-refractivity contribution >= 4 is 23.0 Å². The van der Waals surface area contributed by atoms with Crippen molar-refractivity contribution in [3.8, 4) is 5.75 Å². The minimum Gasteiger partial charge on any atom is -0.497 e. The molecule has 0 spiro atoms. The fourth-order valence-electron chi connectivity index (χ4n) is 5.64. The van der Waals surface area contributed by atoms with Crippen molar-refractivity contribution < 1.29 is 19.1 Å². The number of allylic oxidation sites excluding steroid dienone is 2. The molecule has 4 unspecified atom stereocenters. The van der Waals surface area contributed by atoms with Crippen molar-refractivity contribution in [2.45, 2.75) is 25.4 Å². The van der Waals surface area contributed by atoms with E-state index in [0.29, 0.717) is 12.4 Å². The molecule has 1 fully saturated rings. The Morgan fingerprint density at radius 1 is 1.29 bits per heavy atom. The lowest BCUT2D eigenvalue weighted by atomic mass is 9.67. The smallest absolute Gasteiger partial charge is 0.182 e. The zero-order chi connectivity index (χ0) is 19.7. The monoisotopic (exact) mass is 380 g/mol. The third kappa shape index (κ3) is 2.07. The molecule has 5 rings (SSSR count). The fourth-order valence-corrected chi connectivity index (χ4v) is 5.64. The number of benzene rings is 1. The molecular weight excluding hydrogens is 356 g/mol. The molecule has 0 amide bonds. The molecule has 1 aromatic heterocycles. The number of likely N-dealkylation sites (N-methyl/N-ethyl adjacent to an activating group) is 1. The number of piperidine rings is 1. The van der Waals surface area contributed by atoms with Crippen LogP contribution in [0.5, 0.6) is 5.75 Å². The number of nitrogens with zero attached hydrogens (tertiary/aromatic N) is 2. The SMILES string of the molecule is COc1ccc2c3c(n(C)c2c1)C1CC2C(C=O)=C(C)OCC2C(C3=O)N1C. The second-order valence-corrected chi connectivity index (χ2v) is 8.14. The van der Waals surface area contributed by atoms with E-state index in [4.69, 9.17) is 9.47 Å². The molecule has 1 aromatic carbocycles. The first-order valence-electron chi connectivity index (χ1n) is 9.69. The Bertz CT molecular complexity index is 1050. The van der Waals surface area contributed by atoms with Crippen molar-refractivity contribution in [1.29, 1.82) is 0 Å². The minimum absolute atomic E-state index is 0.000644. The van der Waals surface area contributed by atoms with Crippen molar-refractivity contribution in [3.63, 3.8) is 0 Å². The normalized spacial score (nSPS) is 29.4. The first-order valence-corrected chi connectivity index (χ1v) is 9.69. The van der Waals surface area contributed by atoms with E-state index in [1.165, 1.54) is 0 Å². The molecule has 2 bridgehead atoms. The van der Waals surface area contributed by atoms with Crippen LogP contribution < -0.4 is 4.74 Å². The van der Waals surface area contributed by atoms with Gasteiger partial charge in [0.15, 0.2) is 5.78 Å². The molecule has 1 saturated heterocycles. The van der Waals surface area contributed by atoms with Crippen molar-refractivity contribution in [2.75, 3.05) is 20.8 Å². The Balaban J connectivity index is 1.74. The van der Waals surface area contributed by atoms with Gasteiger partial charge in [0.25, 0.3) is 0 Å². The number of aromatic nitrogens is 1. The number of carbonyl (C=O) groups excluding carboxylic acids is 2. The summed E-state index contributed by atoms with van der Waals surface area (Å²) >= 11 is 0. The average molecular weight is 380 g/mol. The largest absolute Gasteiger partial charge is 0.497 e. The van der Waals surface area contributed by atoms with E-state index < -0.39 is 0 Å². The summed E-state index contributed by atoms with van der Waals surface area (Å²) in [5.41, 5.74) is 3.58. The molecule has 4 heterocycles. The fraction of sp³-hybridized carbons (Fsp3) is 0.455. The number of aryl methyl sites for hydroxylation is 1. The van der Waals surface area contributed by atoms with Gasteiger partial charge in [-0.3, -0.25) is 14.5 Å². The van der Waals surface area contributed by atoms with Crippen LogP contribution in [0.3, 0.4) is 0 Å². The van der Waals surface area contributed by atoms with Crippen molar-refractivity contribution in [3.05, 3.63) is 40.8 Å². The van der Waals surface area contributed by atoms with Gasteiger partial charge in [-0.25, -0.2) is 0 Å². The Morgan fingerprint density at radius 2 is 2.07 bits per heavy atom. The number of aldehydes is 1. The molecule has 0 N–H and O–H groups in total. The van der Waals surface area contributed by atoms with Crippen LogP contribution in [0.15, 0.2) is 29.5 Å². The van der Waals surface area contributed by atoms with Gasteiger partial charge in [0.1, 0.15) is 12.0 Å². The number of ketones is 1. The Hall–Kier alpha value is -2.60. The van der Waals surface area contributed by atoms with Crippen LogP contribution in [0.1, 0.15) is 35.4 Å². The Morgan fingerprint density at radius 3 is 2.79 bits per heavy atom. The lowest BCUT2D eigenvalue weighted by molar-refractivity contribution is -0.107. The molecule has 6 nitrogen and oxygen atoms in total. The predicted molar refractivity (Wildman–Crippen MR) is 104 cm³/mol. The van der Waals surface area contributed by atoms with Crippen molar-refractivity contribution in [1.82, 2.24) is 9.47 Å². The summed E-state index contributed by atoms with van der Waals surface area (Å²) in [6.45, 7) is 2.33. The number of Topliss-reactive ketones (excluding diaryl/α,β-unsaturated/α-hetero) is 1. The van der Waals surface area contributed by atoms with Crippen LogP contribution in [-0.4, -0.2) is 48.3 Å². The van der Waals surface area contributed by atoms with Crippen LogP contribution >= 0.6 is 0 Å². The van der Waals surface area contributed by atoms with E-state index in [2.05, 4.69) is 9.47 Å². The molecule has 6 heteroatoms. The van der Waals surface area contributed by atoms with Gasteiger partial charge < -0.3 is 14.0 Å². The second-order valence-electron chi connectivity index (χ2n) is 8.14. The van der Waals surface area contributed by atoms with Crippen LogP contribution in [0, 0.1) is 11.8 Å². The minimum atomic E-state index is -0.271. The van der Waals surface area contributed by atoms with Crippen LogP contribution in [0.2, 0.25) is 0 Å². The lowest BCUT2D eigenvalue weighted by Gasteiger charge is -2.52.